The third kappa shape index (κ3) is 3.04. The first-order valence-electron chi connectivity index (χ1n) is 6.45. The molecule has 0 bridgehead atoms. The fourth-order valence-corrected chi connectivity index (χ4v) is 2.65. The van der Waals surface area contributed by atoms with Crippen molar-refractivity contribution >= 4 is 33.5 Å². The van der Waals surface area contributed by atoms with Gasteiger partial charge in [-0.3, -0.25) is 10.1 Å². The lowest BCUT2D eigenvalue weighted by Crippen LogP contribution is -1.91. The Kier molecular flexibility index (Phi) is 3.71. The van der Waals surface area contributed by atoms with E-state index in [0.29, 0.717) is 5.69 Å². The minimum atomic E-state index is -0.418. The summed E-state index contributed by atoms with van der Waals surface area (Å²) in [6.45, 7) is 0. The van der Waals surface area contributed by atoms with Crippen molar-refractivity contribution < 1.29 is 4.92 Å². The molecule has 2 aromatic carbocycles. The molecule has 0 atom stereocenters. The fourth-order valence-electron chi connectivity index (χ4n) is 1.91. The summed E-state index contributed by atoms with van der Waals surface area (Å²) in [6.07, 6.45) is 0. The lowest BCUT2D eigenvalue weighted by Gasteiger charge is -2.02. The number of hydrogen-bond acceptors (Lipinski definition) is 6. The fraction of sp³-hybridized carbons (Fsp3) is 0. The van der Waals surface area contributed by atoms with Gasteiger partial charge in [-0.2, -0.15) is 0 Å². The number of non-ortho nitro benzene ring substituents is 1. The van der Waals surface area contributed by atoms with Crippen LogP contribution in [0, 0.1) is 10.1 Å². The molecule has 6 nitrogen and oxygen atoms in total. The van der Waals surface area contributed by atoms with Gasteiger partial charge >= 0.3 is 0 Å². The van der Waals surface area contributed by atoms with E-state index in [0.717, 1.165) is 22.1 Å². The van der Waals surface area contributed by atoms with Gasteiger partial charge in [0.15, 0.2) is 5.13 Å². The number of thiazole rings is 1. The number of hydrogen-bond donors (Lipinski definition) is 2. The first kappa shape index (κ1) is 14.0. The van der Waals surface area contributed by atoms with Crippen LogP contribution in [-0.2, 0) is 0 Å². The van der Waals surface area contributed by atoms with E-state index in [9.17, 15) is 10.1 Å². The van der Waals surface area contributed by atoms with Crippen molar-refractivity contribution in [3.05, 3.63) is 64.0 Å². The molecule has 0 spiro atoms. The lowest BCUT2D eigenvalue weighted by atomic mass is 10.1. The van der Waals surface area contributed by atoms with Crippen LogP contribution in [0.5, 0.6) is 0 Å². The number of aromatic nitrogens is 1. The van der Waals surface area contributed by atoms with Crippen molar-refractivity contribution in [1.82, 2.24) is 4.98 Å². The Morgan fingerprint density at radius 1 is 1.09 bits per heavy atom. The topological polar surface area (TPSA) is 94.1 Å². The molecule has 0 saturated carbocycles. The molecule has 3 aromatic rings. The number of nitro groups is 1. The number of rotatable bonds is 4. The van der Waals surface area contributed by atoms with Crippen LogP contribution in [0.4, 0.5) is 22.2 Å². The van der Waals surface area contributed by atoms with Crippen LogP contribution >= 0.6 is 11.3 Å². The van der Waals surface area contributed by atoms with Crippen molar-refractivity contribution in [2.24, 2.45) is 0 Å². The first-order valence-corrected chi connectivity index (χ1v) is 7.33. The van der Waals surface area contributed by atoms with Gasteiger partial charge < -0.3 is 11.1 Å². The Bertz CT molecular complexity index is 797. The van der Waals surface area contributed by atoms with E-state index in [2.05, 4.69) is 10.3 Å². The number of nitro benzene ring substituents is 1. The monoisotopic (exact) mass is 312 g/mol. The summed E-state index contributed by atoms with van der Waals surface area (Å²) in [6, 6.07) is 13.7. The van der Waals surface area contributed by atoms with Gasteiger partial charge in [0.2, 0.25) is 0 Å². The average molecular weight is 312 g/mol. The molecule has 0 aliphatic rings. The Hall–Kier alpha value is -2.93. The third-order valence-corrected chi connectivity index (χ3v) is 3.80. The largest absolute Gasteiger partial charge is 0.399 e. The second kappa shape index (κ2) is 5.82. The van der Waals surface area contributed by atoms with E-state index < -0.39 is 4.92 Å². The van der Waals surface area contributed by atoms with Gasteiger partial charge in [0.25, 0.3) is 5.69 Å². The Labute approximate surface area is 130 Å². The smallest absolute Gasteiger partial charge is 0.269 e. The number of anilines is 3. The maximum atomic E-state index is 10.7. The summed E-state index contributed by atoms with van der Waals surface area (Å²) in [5.41, 5.74) is 8.94. The summed E-state index contributed by atoms with van der Waals surface area (Å²) in [4.78, 5) is 14.7. The number of benzene rings is 2. The van der Waals surface area contributed by atoms with Gasteiger partial charge in [0, 0.05) is 34.5 Å². The highest BCUT2D eigenvalue weighted by molar-refractivity contribution is 7.14. The average Bonchev–Trinajstić information content (AvgIpc) is 2.98. The predicted molar refractivity (Wildman–Crippen MR) is 88.3 cm³/mol. The van der Waals surface area contributed by atoms with E-state index in [1.807, 2.05) is 29.6 Å². The summed E-state index contributed by atoms with van der Waals surface area (Å²) < 4.78 is 0. The van der Waals surface area contributed by atoms with Gasteiger partial charge in [-0.25, -0.2) is 4.98 Å². The molecule has 3 rings (SSSR count). The molecule has 1 heterocycles. The second-order valence-corrected chi connectivity index (χ2v) is 5.45. The van der Waals surface area contributed by atoms with Crippen molar-refractivity contribution in [2.45, 2.75) is 0 Å². The second-order valence-electron chi connectivity index (χ2n) is 4.59. The first-order chi connectivity index (χ1) is 10.6. The number of nitrogens with zero attached hydrogens (tertiary/aromatic N) is 2. The van der Waals surface area contributed by atoms with E-state index >= 15 is 0 Å². The Morgan fingerprint density at radius 2 is 1.77 bits per heavy atom. The molecule has 22 heavy (non-hydrogen) atoms. The Morgan fingerprint density at radius 3 is 2.41 bits per heavy atom. The van der Waals surface area contributed by atoms with Gasteiger partial charge in [-0.15, -0.1) is 11.3 Å². The Balaban J connectivity index is 1.78. The molecule has 0 aliphatic heterocycles. The van der Waals surface area contributed by atoms with Crippen LogP contribution in [0.1, 0.15) is 0 Å². The minimum Gasteiger partial charge on any atom is -0.399 e. The molecular weight excluding hydrogens is 300 g/mol. The van der Waals surface area contributed by atoms with Gasteiger partial charge in [-0.05, 0) is 36.4 Å². The molecule has 0 radical (unpaired) electrons. The zero-order valence-electron chi connectivity index (χ0n) is 11.4. The van der Waals surface area contributed by atoms with Crippen LogP contribution in [0.25, 0.3) is 11.3 Å². The zero-order valence-corrected chi connectivity index (χ0v) is 12.2. The lowest BCUT2D eigenvalue weighted by molar-refractivity contribution is -0.384. The number of nitrogens with two attached hydrogens (primary N) is 1. The highest BCUT2D eigenvalue weighted by atomic mass is 32.1. The molecule has 0 fully saturated rings. The zero-order chi connectivity index (χ0) is 15.5. The van der Waals surface area contributed by atoms with E-state index in [-0.39, 0.29) is 5.69 Å². The molecule has 1 aromatic heterocycles. The standard InChI is InChI=1S/C15H12N4O2S/c16-11-3-5-12(6-4-11)17-15-18-14(9-22-15)10-1-7-13(8-2-10)19(20)21/h1-9H,16H2,(H,17,18). The molecule has 3 N–H and O–H groups in total. The maximum Gasteiger partial charge on any atom is 0.269 e. The summed E-state index contributed by atoms with van der Waals surface area (Å²) >= 11 is 1.47. The van der Waals surface area contributed by atoms with E-state index in [1.54, 1.807) is 12.1 Å². The van der Waals surface area contributed by atoms with Crippen LogP contribution in [0.3, 0.4) is 0 Å². The normalized spacial score (nSPS) is 10.4. The maximum absolute atomic E-state index is 10.7. The highest BCUT2D eigenvalue weighted by Crippen LogP contribution is 2.28. The molecule has 0 saturated heterocycles. The molecule has 7 heteroatoms. The SMILES string of the molecule is Nc1ccc(Nc2nc(-c3ccc([N+](=O)[O-])cc3)cs2)cc1. The van der Waals surface area contributed by atoms with Gasteiger partial charge in [0.05, 0.1) is 10.6 Å². The number of nitrogens with one attached hydrogen (secondary N) is 1. The summed E-state index contributed by atoms with van der Waals surface area (Å²) in [5, 5.41) is 16.5. The quantitative estimate of drug-likeness (QED) is 0.430. The third-order valence-electron chi connectivity index (χ3n) is 3.04. The molecule has 0 amide bonds. The van der Waals surface area contributed by atoms with Gasteiger partial charge in [0.1, 0.15) is 0 Å². The minimum absolute atomic E-state index is 0.0687. The number of nitrogen functional groups attached to an aromatic ring is 1. The summed E-state index contributed by atoms with van der Waals surface area (Å²) in [5.74, 6) is 0. The van der Waals surface area contributed by atoms with Crippen molar-refractivity contribution in [3.63, 3.8) is 0 Å². The predicted octanol–water partition coefficient (Wildman–Crippen LogP) is 4.04. The highest BCUT2D eigenvalue weighted by Gasteiger charge is 2.08. The van der Waals surface area contributed by atoms with E-state index in [4.69, 9.17) is 5.73 Å². The molecule has 0 aliphatic carbocycles. The van der Waals surface area contributed by atoms with Gasteiger partial charge in [-0.1, -0.05) is 0 Å². The molecule has 0 unspecified atom stereocenters. The van der Waals surface area contributed by atoms with E-state index in [1.165, 1.54) is 23.5 Å². The van der Waals surface area contributed by atoms with Crippen LogP contribution in [0.15, 0.2) is 53.9 Å². The van der Waals surface area contributed by atoms with Crippen molar-refractivity contribution in [2.75, 3.05) is 11.1 Å². The van der Waals surface area contributed by atoms with Crippen LogP contribution < -0.4 is 11.1 Å². The molecule has 110 valence electrons. The van der Waals surface area contributed by atoms with Crippen LogP contribution in [-0.4, -0.2) is 9.91 Å². The summed E-state index contributed by atoms with van der Waals surface area (Å²) in [7, 11) is 0. The van der Waals surface area contributed by atoms with Crippen molar-refractivity contribution in [1.29, 1.82) is 0 Å². The van der Waals surface area contributed by atoms with Crippen molar-refractivity contribution in [3.8, 4) is 11.3 Å². The van der Waals surface area contributed by atoms with Crippen LogP contribution in [0.2, 0.25) is 0 Å². The molecular formula is C15H12N4O2S.